The number of guanidine groups is 1. The minimum Gasteiger partial charge on any atom is -0.370 e. The number of benzene rings is 2. The maximum absolute atomic E-state index is 12.2. The van der Waals surface area contributed by atoms with Crippen molar-refractivity contribution >= 4 is 24.3 Å². The number of fused-ring (bicyclic) bond motifs is 5. The Kier molecular flexibility index (Phi) is 4.10. The molecule has 1 amide bonds. The van der Waals surface area contributed by atoms with Gasteiger partial charge in [0.25, 0.3) is 5.91 Å². The minimum absolute atomic E-state index is 0. The molecule has 1 spiro atoms. The summed E-state index contributed by atoms with van der Waals surface area (Å²) >= 11 is 0. The van der Waals surface area contributed by atoms with Gasteiger partial charge in [0.1, 0.15) is 0 Å². The average Bonchev–Trinajstić information content (AvgIpc) is 3.13. The molecule has 5 heteroatoms. The van der Waals surface area contributed by atoms with E-state index in [-0.39, 0.29) is 29.7 Å². The predicted octanol–water partition coefficient (Wildman–Crippen LogP) is 3.36. The van der Waals surface area contributed by atoms with Crippen LogP contribution in [0, 0.1) is 0 Å². The van der Waals surface area contributed by atoms with Crippen LogP contribution in [-0.2, 0) is 5.41 Å². The van der Waals surface area contributed by atoms with Crippen molar-refractivity contribution < 1.29 is 4.79 Å². The number of amides is 1. The van der Waals surface area contributed by atoms with Crippen LogP contribution in [0.25, 0.3) is 11.1 Å². The van der Waals surface area contributed by atoms with Gasteiger partial charge in [-0.15, -0.1) is 12.4 Å². The minimum atomic E-state index is -0.378. The molecule has 1 fully saturated rings. The fourth-order valence-corrected chi connectivity index (χ4v) is 4.29. The Bertz CT molecular complexity index is 834. The van der Waals surface area contributed by atoms with E-state index >= 15 is 0 Å². The first-order valence-corrected chi connectivity index (χ1v) is 8.00. The number of carbonyl (C=O) groups is 1. The summed E-state index contributed by atoms with van der Waals surface area (Å²) in [6.45, 7) is 0. The van der Waals surface area contributed by atoms with Gasteiger partial charge in [-0.2, -0.15) is 4.99 Å². The summed E-state index contributed by atoms with van der Waals surface area (Å²) in [4.78, 5) is 15.9. The quantitative estimate of drug-likeness (QED) is 0.616. The Morgan fingerprint density at radius 3 is 2.33 bits per heavy atom. The number of rotatable bonds is 1. The molecule has 4 nitrogen and oxygen atoms in total. The van der Waals surface area contributed by atoms with Gasteiger partial charge >= 0.3 is 0 Å². The summed E-state index contributed by atoms with van der Waals surface area (Å²) in [7, 11) is 0. The molecule has 2 aliphatic carbocycles. The third kappa shape index (κ3) is 2.29. The van der Waals surface area contributed by atoms with Crippen LogP contribution in [0.4, 0.5) is 0 Å². The molecule has 0 heterocycles. The van der Waals surface area contributed by atoms with Gasteiger partial charge in [0.05, 0.1) is 0 Å². The van der Waals surface area contributed by atoms with Crippen molar-refractivity contribution in [3.05, 3.63) is 59.2 Å². The van der Waals surface area contributed by atoms with Gasteiger partial charge in [0.2, 0.25) is 0 Å². The van der Waals surface area contributed by atoms with E-state index in [0.717, 1.165) is 12.8 Å². The van der Waals surface area contributed by atoms with Crippen molar-refractivity contribution in [2.45, 2.75) is 31.1 Å². The van der Waals surface area contributed by atoms with Crippen molar-refractivity contribution in [3.8, 4) is 11.1 Å². The van der Waals surface area contributed by atoms with Gasteiger partial charge in [0, 0.05) is 11.0 Å². The molecule has 0 bridgehead atoms. The van der Waals surface area contributed by atoms with Crippen LogP contribution in [0.1, 0.15) is 47.2 Å². The summed E-state index contributed by atoms with van der Waals surface area (Å²) in [6, 6.07) is 14.5. The molecule has 0 atom stereocenters. The number of aliphatic imine (C=N–C) groups is 1. The third-order valence-corrected chi connectivity index (χ3v) is 5.20. The van der Waals surface area contributed by atoms with Crippen molar-refractivity contribution in [2.24, 2.45) is 16.5 Å². The molecule has 0 radical (unpaired) electrons. The van der Waals surface area contributed by atoms with Crippen molar-refractivity contribution in [3.63, 3.8) is 0 Å². The zero-order valence-electron chi connectivity index (χ0n) is 13.3. The summed E-state index contributed by atoms with van der Waals surface area (Å²) in [6.07, 6.45) is 4.72. The van der Waals surface area contributed by atoms with E-state index in [1.165, 1.54) is 35.1 Å². The molecule has 0 aliphatic heterocycles. The number of nitrogens with two attached hydrogens (primary N) is 2. The standard InChI is InChI=1S/C19H19N3O.ClH/c20-18(21)22-17(23)12-7-8-14-13-5-1-2-6-15(13)19(16(14)11-12)9-3-4-10-19;/h1-2,5-8,11H,3-4,9-10H2,(H4,20,21,22,23);1H. The molecule has 2 aliphatic rings. The number of hydrogen-bond donors (Lipinski definition) is 2. The molecule has 0 aromatic heterocycles. The topological polar surface area (TPSA) is 81.5 Å². The SMILES string of the molecule is Cl.NC(N)=NC(=O)c1ccc2c(c1)C1(CCCC1)c1ccccc1-2. The first-order valence-electron chi connectivity index (χ1n) is 8.00. The van der Waals surface area contributed by atoms with Gasteiger partial charge < -0.3 is 11.5 Å². The fraction of sp³-hybridized carbons (Fsp3) is 0.263. The summed E-state index contributed by atoms with van der Waals surface area (Å²) < 4.78 is 0. The normalized spacial score (nSPS) is 16.2. The summed E-state index contributed by atoms with van der Waals surface area (Å²) in [5.41, 5.74) is 16.5. The fourth-order valence-electron chi connectivity index (χ4n) is 4.29. The summed E-state index contributed by atoms with van der Waals surface area (Å²) in [5, 5.41) is 0. The Morgan fingerprint density at radius 2 is 1.62 bits per heavy atom. The molecule has 2 aromatic carbocycles. The van der Waals surface area contributed by atoms with Crippen LogP contribution in [0.3, 0.4) is 0 Å². The molecule has 124 valence electrons. The van der Waals surface area contributed by atoms with Gasteiger partial charge in [-0.1, -0.05) is 43.2 Å². The monoisotopic (exact) mass is 341 g/mol. The second-order valence-electron chi connectivity index (χ2n) is 6.44. The Morgan fingerprint density at radius 1 is 0.958 bits per heavy atom. The van der Waals surface area contributed by atoms with E-state index < -0.39 is 0 Å². The lowest BCUT2D eigenvalue weighted by molar-refractivity contribution is 0.100. The van der Waals surface area contributed by atoms with E-state index in [2.05, 4.69) is 29.3 Å². The molecule has 4 rings (SSSR count). The van der Waals surface area contributed by atoms with Crippen molar-refractivity contribution in [1.82, 2.24) is 0 Å². The van der Waals surface area contributed by atoms with Crippen molar-refractivity contribution in [1.29, 1.82) is 0 Å². The first kappa shape index (κ1) is 16.5. The van der Waals surface area contributed by atoms with E-state index in [4.69, 9.17) is 11.5 Å². The molecular weight excluding hydrogens is 322 g/mol. The Labute approximate surface area is 147 Å². The number of halogens is 1. The van der Waals surface area contributed by atoms with Gasteiger partial charge in [-0.05, 0) is 47.2 Å². The highest BCUT2D eigenvalue weighted by Crippen LogP contribution is 2.56. The molecule has 4 N–H and O–H groups in total. The molecule has 1 saturated carbocycles. The lowest BCUT2D eigenvalue weighted by Gasteiger charge is -2.26. The Hall–Kier alpha value is -2.33. The van der Waals surface area contributed by atoms with Crippen LogP contribution in [0.15, 0.2) is 47.5 Å². The number of carbonyl (C=O) groups excluding carboxylic acids is 1. The summed E-state index contributed by atoms with van der Waals surface area (Å²) in [5.74, 6) is -0.578. The maximum Gasteiger partial charge on any atom is 0.280 e. The van der Waals surface area contributed by atoms with Crippen LogP contribution < -0.4 is 11.5 Å². The zero-order valence-corrected chi connectivity index (χ0v) is 14.1. The third-order valence-electron chi connectivity index (χ3n) is 5.20. The molecule has 0 unspecified atom stereocenters. The highest BCUT2D eigenvalue weighted by molar-refractivity contribution is 6.02. The first-order chi connectivity index (χ1) is 11.1. The lowest BCUT2D eigenvalue weighted by Crippen LogP contribution is -2.24. The maximum atomic E-state index is 12.2. The van der Waals surface area contributed by atoms with E-state index in [0.29, 0.717) is 5.56 Å². The number of nitrogens with zero attached hydrogens (tertiary/aromatic N) is 1. The smallest absolute Gasteiger partial charge is 0.280 e. The van der Waals surface area contributed by atoms with Crippen LogP contribution in [0.2, 0.25) is 0 Å². The average molecular weight is 342 g/mol. The van der Waals surface area contributed by atoms with Crippen LogP contribution >= 0.6 is 12.4 Å². The van der Waals surface area contributed by atoms with Gasteiger partial charge in [-0.3, -0.25) is 4.79 Å². The largest absolute Gasteiger partial charge is 0.370 e. The second kappa shape index (κ2) is 5.95. The molecule has 24 heavy (non-hydrogen) atoms. The molecule has 2 aromatic rings. The van der Waals surface area contributed by atoms with Crippen LogP contribution in [0.5, 0.6) is 0 Å². The Balaban J connectivity index is 0.00000169. The number of hydrogen-bond acceptors (Lipinski definition) is 1. The van der Waals surface area contributed by atoms with Crippen LogP contribution in [-0.4, -0.2) is 11.9 Å². The lowest BCUT2D eigenvalue weighted by atomic mass is 9.76. The highest BCUT2D eigenvalue weighted by atomic mass is 35.5. The molecule has 0 saturated heterocycles. The molecular formula is C19H20ClN3O. The van der Waals surface area contributed by atoms with Gasteiger partial charge in [0.15, 0.2) is 5.96 Å². The van der Waals surface area contributed by atoms with Crippen molar-refractivity contribution in [2.75, 3.05) is 0 Å². The van der Waals surface area contributed by atoms with Gasteiger partial charge in [-0.25, -0.2) is 0 Å². The second-order valence-corrected chi connectivity index (χ2v) is 6.44. The predicted molar refractivity (Wildman–Crippen MR) is 98.5 cm³/mol. The zero-order chi connectivity index (χ0) is 16.0. The van der Waals surface area contributed by atoms with E-state index in [1.807, 2.05) is 18.2 Å². The van der Waals surface area contributed by atoms with E-state index in [1.54, 1.807) is 0 Å². The highest BCUT2D eigenvalue weighted by Gasteiger charge is 2.44. The van der Waals surface area contributed by atoms with E-state index in [9.17, 15) is 4.79 Å².